The van der Waals surface area contributed by atoms with Gasteiger partial charge in [-0.2, -0.15) is 0 Å². The average Bonchev–Trinajstić information content (AvgIpc) is 2.58. The Kier molecular flexibility index (Phi) is 7.30. The minimum atomic E-state index is 0.0494. The first-order valence-corrected chi connectivity index (χ1v) is 7.93. The first-order chi connectivity index (χ1) is 11.3. The third kappa shape index (κ3) is 6.63. The molecule has 0 aliphatic carbocycles. The van der Waals surface area contributed by atoms with Crippen molar-refractivity contribution in [1.82, 2.24) is 5.32 Å². The summed E-state index contributed by atoms with van der Waals surface area (Å²) in [5.41, 5.74) is 3.08. The van der Waals surface area contributed by atoms with E-state index in [9.17, 15) is 4.79 Å². The second-order valence-corrected chi connectivity index (χ2v) is 5.43. The maximum atomic E-state index is 11.7. The lowest BCUT2D eigenvalue weighted by Crippen LogP contribution is -2.15. The number of hydrogen-bond donors (Lipinski definition) is 2. The van der Waals surface area contributed by atoms with Gasteiger partial charge < -0.3 is 15.4 Å². The second kappa shape index (κ2) is 9.77. The molecule has 0 atom stereocenters. The number of carbonyl (C=O) groups excluding carboxylic acids is 1. The Hall–Kier alpha value is -2.17. The van der Waals surface area contributed by atoms with Crippen molar-refractivity contribution < 1.29 is 9.53 Å². The molecule has 0 aliphatic heterocycles. The summed E-state index contributed by atoms with van der Waals surface area (Å²) in [7, 11) is 1.89. The van der Waals surface area contributed by atoms with E-state index in [4.69, 9.17) is 4.74 Å². The fraction of sp³-hybridized carbons (Fsp3) is 0.316. The van der Waals surface area contributed by atoms with Crippen LogP contribution in [0.5, 0.6) is 0 Å². The van der Waals surface area contributed by atoms with Crippen LogP contribution in [0.2, 0.25) is 0 Å². The number of anilines is 1. The van der Waals surface area contributed by atoms with E-state index in [1.54, 1.807) is 0 Å². The van der Waals surface area contributed by atoms with Crippen LogP contribution >= 0.6 is 0 Å². The Morgan fingerprint density at radius 1 is 0.957 bits per heavy atom. The van der Waals surface area contributed by atoms with Crippen LogP contribution in [0.15, 0.2) is 54.6 Å². The fourth-order valence-electron chi connectivity index (χ4n) is 2.19. The van der Waals surface area contributed by atoms with Gasteiger partial charge in [-0.25, -0.2) is 0 Å². The van der Waals surface area contributed by atoms with Crippen molar-refractivity contribution >= 4 is 11.6 Å². The van der Waals surface area contributed by atoms with Crippen LogP contribution in [0.1, 0.15) is 24.0 Å². The molecule has 2 aromatic rings. The molecule has 4 nitrogen and oxygen atoms in total. The van der Waals surface area contributed by atoms with E-state index in [2.05, 4.69) is 10.6 Å². The van der Waals surface area contributed by atoms with Gasteiger partial charge in [-0.05, 0) is 43.3 Å². The number of nitrogens with one attached hydrogen (secondary N) is 2. The summed E-state index contributed by atoms with van der Waals surface area (Å²) < 4.78 is 5.70. The molecule has 122 valence electrons. The Morgan fingerprint density at radius 2 is 1.61 bits per heavy atom. The number of ether oxygens (including phenoxy) is 1. The Labute approximate surface area is 137 Å². The zero-order valence-electron chi connectivity index (χ0n) is 13.5. The average molecular weight is 312 g/mol. The van der Waals surface area contributed by atoms with Crippen LogP contribution in [0, 0.1) is 0 Å². The van der Waals surface area contributed by atoms with Gasteiger partial charge in [0.1, 0.15) is 0 Å². The maximum Gasteiger partial charge on any atom is 0.224 e. The maximum absolute atomic E-state index is 11.7. The highest BCUT2D eigenvalue weighted by molar-refractivity contribution is 5.90. The number of benzene rings is 2. The topological polar surface area (TPSA) is 50.4 Å². The van der Waals surface area contributed by atoms with Gasteiger partial charge in [-0.3, -0.25) is 4.79 Å². The van der Waals surface area contributed by atoms with Gasteiger partial charge in [0, 0.05) is 12.1 Å². The first kappa shape index (κ1) is 17.2. The van der Waals surface area contributed by atoms with Crippen molar-refractivity contribution in [3.05, 3.63) is 65.7 Å². The van der Waals surface area contributed by atoms with Crippen LogP contribution < -0.4 is 10.6 Å². The molecule has 0 saturated carbocycles. The molecule has 0 saturated heterocycles. The number of carbonyl (C=O) groups is 1. The molecular weight excluding hydrogens is 288 g/mol. The third-order valence-electron chi connectivity index (χ3n) is 3.45. The summed E-state index contributed by atoms with van der Waals surface area (Å²) in [4.78, 5) is 11.7. The van der Waals surface area contributed by atoms with Crippen LogP contribution in [0.3, 0.4) is 0 Å². The molecule has 0 aromatic heterocycles. The first-order valence-electron chi connectivity index (χ1n) is 7.93. The molecule has 0 fully saturated rings. The van der Waals surface area contributed by atoms with E-state index < -0.39 is 0 Å². The van der Waals surface area contributed by atoms with Gasteiger partial charge in [0.25, 0.3) is 0 Å². The highest BCUT2D eigenvalue weighted by Crippen LogP contribution is 2.12. The molecule has 0 unspecified atom stereocenters. The monoisotopic (exact) mass is 312 g/mol. The fourth-order valence-corrected chi connectivity index (χ4v) is 2.19. The van der Waals surface area contributed by atoms with Crippen molar-refractivity contribution in [2.24, 2.45) is 0 Å². The molecule has 4 heteroatoms. The predicted molar refractivity (Wildman–Crippen MR) is 93.2 cm³/mol. The van der Waals surface area contributed by atoms with Crippen LogP contribution in [0.25, 0.3) is 0 Å². The number of amides is 1. The lowest BCUT2D eigenvalue weighted by molar-refractivity contribution is -0.116. The van der Waals surface area contributed by atoms with E-state index in [1.165, 1.54) is 0 Å². The van der Waals surface area contributed by atoms with Crippen LogP contribution in [-0.2, 0) is 22.7 Å². The standard InChI is InChI=1S/C19H24N2O2/c1-20-13-5-8-19(22)21-18-11-9-17(10-12-18)15-23-14-16-6-3-2-4-7-16/h2-4,6-7,9-12,20H,5,8,13-15H2,1H3,(H,21,22). The number of hydrogen-bond acceptors (Lipinski definition) is 3. The molecule has 0 bridgehead atoms. The lowest BCUT2D eigenvalue weighted by atomic mass is 10.2. The molecule has 1 amide bonds. The summed E-state index contributed by atoms with van der Waals surface area (Å²) in [5, 5.41) is 5.93. The van der Waals surface area contributed by atoms with Crippen molar-refractivity contribution in [3.8, 4) is 0 Å². The zero-order valence-corrected chi connectivity index (χ0v) is 13.5. The van der Waals surface area contributed by atoms with E-state index in [0.29, 0.717) is 19.6 Å². The molecule has 0 aliphatic rings. The summed E-state index contributed by atoms with van der Waals surface area (Å²) in [6.45, 7) is 2.02. The predicted octanol–water partition coefficient (Wildman–Crippen LogP) is 3.34. The Balaban J connectivity index is 1.72. The van der Waals surface area contributed by atoms with Gasteiger partial charge in [0.05, 0.1) is 13.2 Å². The van der Waals surface area contributed by atoms with Crippen LogP contribution in [0.4, 0.5) is 5.69 Å². The summed E-state index contributed by atoms with van der Waals surface area (Å²) >= 11 is 0. The lowest BCUT2D eigenvalue weighted by Gasteiger charge is -2.07. The molecule has 2 N–H and O–H groups in total. The van der Waals surface area contributed by atoms with Gasteiger partial charge >= 0.3 is 0 Å². The van der Waals surface area contributed by atoms with Crippen molar-refractivity contribution in [1.29, 1.82) is 0 Å². The Morgan fingerprint density at radius 3 is 2.26 bits per heavy atom. The third-order valence-corrected chi connectivity index (χ3v) is 3.45. The van der Waals surface area contributed by atoms with Crippen molar-refractivity contribution in [2.75, 3.05) is 18.9 Å². The normalized spacial score (nSPS) is 10.5. The molecule has 23 heavy (non-hydrogen) atoms. The van der Waals surface area contributed by atoms with Crippen molar-refractivity contribution in [3.63, 3.8) is 0 Å². The van der Waals surface area contributed by atoms with Gasteiger partial charge in [-0.1, -0.05) is 42.5 Å². The molecule has 0 spiro atoms. The largest absolute Gasteiger partial charge is 0.372 e. The minimum absolute atomic E-state index is 0.0494. The summed E-state index contributed by atoms with van der Waals surface area (Å²) in [6, 6.07) is 17.9. The summed E-state index contributed by atoms with van der Waals surface area (Å²) in [6.07, 6.45) is 1.37. The van der Waals surface area contributed by atoms with E-state index in [1.807, 2.05) is 61.6 Å². The second-order valence-electron chi connectivity index (χ2n) is 5.43. The van der Waals surface area contributed by atoms with E-state index in [0.717, 1.165) is 29.8 Å². The van der Waals surface area contributed by atoms with Gasteiger partial charge in [-0.15, -0.1) is 0 Å². The molecule has 2 aromatic carbocycles. The van der Waals surface area contributed by atoms with E-state index in [-0.39, 0.29) is 5.91 Å². The molecule has 0 radical (unpaired) electrons. The summed E-state index contributed by atoms with van der Waals surface area (Å²) in [5.74, 6) is 0.0494. The quantitative estimate of drug-likeness (QED) is 0.698. The highest BCUT2D eigenvalue weighted by Gasteiger charge is 2.02. The number of rotatable bonds is 9. The molecule has 0 heterocycles. The SMILES string of the molecule is CNCCCC(=O)Nc1ccc(COCc2ccccc2)cc1. The van der Waals surface area contributed by atoms with Crippen LogP contribution in [-0.4, -0.2) is 19.5 Å². The van der Waals surface area contributed by atoms with Gasteiger partial charge in [0.2, 0.25) is 5.91 Å². The minimum Gasteiger partial charge on any atom is -0.372 e. The Bertz CT molecular complexity index is 582. The van der Waals surface area contributed by atoms with E-state index >= 15 is 0 Å². The zero-order chi connectivity index (χ0) is 16.3. The smallest absolute Gasteiger partial charge is 0.224 e. The highest BCUT2D eigenvalue weighted by atomic mass is 16.5. The van der Waals surface area contributed by atoms with Crippen molar-refractivity contribution in [2.45, 2.75) is 26.1 Å². The molecule has 2 rings (SSSR count). The van der Waals surface area contributed by atoms with Gasteiger partial charge in [0.15, 0.2) is 0 Å². The molecular formula is C19H24N2O2.